The monoisotopic (exact) mass is 448 g/mol. The third kappa shape index (κ3) is 5.17. The fourth-order valence-electron chi connectivity index (χ4n) is 5.01. The highest BCUT2D eigenvalue weighted by molar-refractivity contribution is 5.45. The van der Waals surface area contributed by atoms with Crippen molar-refractivity contribution in [3.05, 3.63) is 130 Å². The first-order valence-electron chi connectivity index (χ1n) is 12.4. The molecule has 0 heterocycles. The summed E-state index contributed by atoms with van der Waals surface area (Å²) in [7, 11) is 0. The molecule has 2 unspecified atom stereocenters. The minimum absolute atomic E-state index is 0.344. The van der Waals surface area contributed by atoms with Crippen molar-refractivity contribution < 1.29 is 0 Å². The van der Waals surface area contributed by atoms with E-state index in [4.69, 9.17) is 11.5 Å². The summed E-state index contributed by atoms with van der Waals surface area (Å²) < 4.78 is 0. The quantitative estimate of drug-likeness (QED) is 0.268. The topological polar surface area (TPSA) is 52.0 Å². The Kier molecular flexibility index (Phi) is 7.37. The van der Waals surface area contributed by atoms with E-state index in [1.807, 2.05) is 24.3 Å². The first-order chi connectivity index (χ1) is 16.5. The van der Waals surface area contributed by atoms with Crippen LogP contribution in [0.4, 0.5) is 11.4 Å². The van der Waals surface area contributed by atoms with E-state index >= 15 is 0 Å². The van der Waals surface area contributed by atoms with Gasteiger partial charge in [-0.15, -0.1) is 0 Å². The van der Waals surface area contributed by atoms with E-state index in [-0.39, 0.29) is 0 Å². The molecule has 2 heteroatoms. The highest BCUT2D eigenvalue weighted by Gasteiger charge is 2.16. The number of benzene rings is 4. The molecular formula is C32H36N2. The summed E-state index contributed by atoms with van der Waals surface area (Å²) in [6.07, 6.45) is 2.12. The van der Waals surface area contributed by atoms with Crippen molar-refractivity contribution in [2.45, 2.75) is 51.4 Å². The maximum atomic E-state index is 5.88. The molecule has 0 amide bonds. The average Bonchev–Trinajstić information content (AvgIpc) is 2.87. The zero-order valence-corrected chi connectivity index (χ0v) is 20.5. The van der Waals surface area contributed by atoms with Gasteiger partial charge in [0.15, 0.2) is 0 Å². The van der Waals surface area contributed by atoms with Crippen molar-refractivity contribution in [3.63, 3.8) is 0 Å². The van der Waals surface area contributed by atoms with Crippen LogP contribution in [0.2, 0.25) is 0 Å². The van der Waals surface area contributed by atoms with Crippen molar-refractivity contribution in [2.24, 2.45) is 0 Å². The number of hydrogen-bond acceptors (Lipinski definition) is 2. The molecule has 0 aliphatic carbocycles. The first-order valence-corrected chi connectivity index (χ1v) is 12.4. The Labute approximate surface area is 204 Å². The van der Waals surface area contributed by atoms with E-state index < -0.39 is 0 Å². The lowest BCUT2D eigenvalue weighted by molar-refractivity contribution is 0.774. The van der Waals surface area contributed by atoms with Gasteiger partial charge in [-0.2, -0.15) is 0 Å². The van der Waals surface area contributed by atoms with Gasteiger partial charge in [0, 0.05) is 29.1 Å². The lowest BCUT2D eigenvalue weighted by Gasteiger charge is -2.20. The summed E-state index contributed by atoms with van der Waals surface area (Å²) in [4.78, 5) is 0. The van der Waals surface area contributed by atoms with E-state index in [0.717, 1.165) is 24.2 Å². The molecular weight excluding hydrogens is 412 g/mol. The number of nitrogens with two attached hydrogens (primary N) is 2. The molecule has 0 fully saturated rings. The summed E-state index contributed by atoms with van der Waals surface area (Å²) in [5, 5.41) is 0. The van der Waals surface area contributed by atoms with Crippen molar-refractivity contribution in [3.8, 4) is 0 Å². The van der Waals surface area contributed by atoms with Crippen LogP contribution < -0.4 is 11.5 Å². The van der Waals surface area contributed by atoms with Gasteiger partial charge in [-0.25, -0.2) is 0 Å². The van der Waals surface area contributed by atoms with Crippen molar-refractivity contribution in [2.75, 3.05) is 11.5 Å². The number of rotatable bonds is 8. The second-order valence-electron chi connectivity index (χ2n) is 9.31. The van der Waals surface area contributed by atoms with Crippen LogP contribution in [0.3, 0.4) is 0 Å². The molecule has 4 rings (SSSR count). The van der Waals surface area contributed by atoms with Crippen molar-refractivity contribution in [1.29, 1.82) is 0 Å². The highest BCUT2D eigenvalue weighted by Crippen LogP contribution is 2.33. The molecule has 0 spiro atoms. The first kappa shape index (κ1) is 23.6. The van der Waals surface area contributed by atoms with Crippen LogP contribution in [0.25, 0.3) is 0 Å². The normalized spacial score (nSPS) is 13.9. The Morgan fingerprint density at radius 2 is 0.676 bits per heavy atom. The number of anilines is 2. The fraction of sp³-hybridized carbons (Fsp3) is 0.250. The molecule has 0 aliphatic heterocycles. The van der Waals surface area contributed by atoms with E-state index in [1.54, 1.807) is 0 Å². The van der Waals surface area contributed by atoms with Gasteiger partial charge in [0.05, 0.1) is 0 Å². The molecule has 174 valence electrons. The highest BCUT2D eigenvalue weighted by atomic mass is 14.5. The van der Waals surface area contributed by atoms with Gasteiger partial charge in [0.25, 0.3) is 0 Å². The Hall–Kier alpha value is -3.52. The summed E-state index contributed by atoms with van der Waals surface area (Å²) >= 11 is 0. The Morgan fingerprint density at radius 1 is 0.441 bits per heavy atom. The average molecular weight is 449 g/mol. The molecule has 0 aliphatic rings. The van der Waals surface area contributed by atoms with Gasteiger partial charge in [-0.05, 0) is 70.5 Å². The van der Waals surface area contributed by atoms with Crippen LogP contribution in [0.15, 0.2) is 97.1 Å². The molecule has 0 radical (unpaired) electrons. The standard InChI is InChI=1S/C32H36N2/c1-4-31(27-14-18-29(33)19-15-27)25-10-6-23(7-11-25)22(3)24-8-12-26(13-9-24)32(5-2)28-16-20-30(34)21-17-28/h6-22,31-32H,4-5,33-34H2,1-3H3. The van der Waals surface area contributed by atoms with E-state index in [2.05, 4.69) is 93.6 Å². The van der Waals surface area contributed by atoms with Gasteiger partial charge < -0.3 is 11.5 Å². The molecule has 4 aromatic rings. The maximum Gasteiger partial charge on any atom is 0.0314 e. The fourth-order valence-corrected chi connectivity index (χ4v) is 5.01. The SMILES string of the molecule is CCC(c1ccc(N)cc1)c1ccc(C(C)c2ccc(C(CC)c3ccc(N)cc3)cc2)cc1. The second-order valence-corrected chi connectivity index (χ2v) is 9.31. The third-order valence-corrected chi connectivity index (χ3v) is 7.17. The number of nitrogen functional groups attached to an aromatic ring is 2. The molecule has 0 saturated carbocycles. The summed E-state index contributed by atoms with van der Waals surface area (Å²) in [5.74, 6) is 1.13. The van der Waals surface area contributed by atoms with E-state index in [0.29, 0.717) is 17.8 Å². The van der Waals surface area contributed by atoms with E-state index in [1.165, 1.54) is 33.4 Å². The molecule has 0 aromatic heterocycles. The smallest absolute Gasteiger partial charge is 0.0314 e. The third-order valence-electron chi connectivity index (χ3n) is 7.17. The van der Waals surface area contributed by atoms with Gasteiger partial charge in [-0.1, -0.05) is 93.6 Å². The van der Waals surface area contributed by atoms with Crippen LogP contribution in [-0.4, -0.2) is 0 Å². The summed E-state index contributed by atoms with van der Waals surface area (Å²) in [6.45, 7) is 6.78. The lowest BCUT2D eigenvalue weighted by Crippen LogP contribution is -2.03. The van der Waals surface area contributed by atoms with E-state index in [9.17, 15) is 0 Å². The Balaban J connectivity index is 1.50. The minimum Gasteiger partial charge on any atom is -0.399 e. The maximum absolute atomic E-state index is 5.88. The van der Waals surface area contributed by atoms with Gasteiger partial charge in [0.2, 0.25) is 0 Å². The molecule has 0 bridgehead atoms. The van der Waals surface area contributed by atoms with Crippen LogP contribution in [-0.2, 0) is 0 Å². The van der Waals surface area contributed by atoms with Crippen LogP contribution in [0, 0.1) is 0 Å². The van der Waals surface area contributed by atoms with Crippen molar-refractivity contribution >= 4 is 11.4 Å². The van der Waals surface area contributed by atoms with Gasteiger partial charge in [0.1, 0.15) is 0 Å². The largest absolute Gasteiger partial charge is 0.399 e. The predicted molar refractivity (Wildman–Crippen MR) is 146 cm³/mol. The van der Waals surface area contributed by atoms with Crippen molar-refractivity contribution in [1.82, 2.24) is 0 Å². The summed E-state index contributed by atoms with van der Waals surface area (Å²) in [5.41, 5.74) is 21.4. The lowest BCUT2D eigenvalue weighted by atomic mass is 9.85. The molecule has 2 atom stereocenters. The molecule has 34 heavy (non-hydrogen) atoms. The second kappa shape index (κ2) is 10.6. The Bertz CT molecular complexity index is 1080. The van der Waals surface area contributed by atoms with Gasteiger partial charge in [-0.3, -0.25) is 0 Å². The zero-order chi connectivity index (χ0) is 24.1. The number of hydrogen-bond donors (Lipinski definition) is 2. The van der Waals surface area contributed by atoms with Crippen LogP contribution >= 0.6 is 0 Å². The zero-order valence-electron chi connectivity index (χ0n) is 20.5. The molecule has 0 saturated heterocycles. The minimum atomic E-state index is 0.344. The molecule has 4 N–H and O–H groups in total. The van der Waals surface area contributed by atoms with Crippen LogP contribution in [0.1, 0.15) is 84.7 Å². The molecule has 2 nitrogen and oxygen atoms in total. The predicted octanol–water partition coefficient (Wildman–Crippen LogP) is 8.09. The van der Waals surface area contributed by atoms with Crippen LogP contribution in [0.5, 0.6) is 0 Å². The molecule has 4 aromatic carbocycles. The van der Waals surface area contributed by atoms with Gasteiger partial charge >= 0.3 is 0 Å². The summed E-state index contributed by atoms with van der Waals surface area (Å²) in [6, 6.07) is 34.9. The Morgan fingerprint density at radius 3 is 0.941 bits per heavy atom.